The summed E-state index contributed by atoms with van der Waals surface area (Å²) >= 11 is 0. The Balaban J connectivity index is 1.79. The van der Waals surface area contributed by atoms with Gasteiger partial charge in [0.05, 0.1) is 31.3 Å². The van der Waals surface area contributed by atoms with Crippen LogP contribution in [-0.2, 0) is 43.1 Å². The van der Waals surface area contributed by atoms with Gasteiger partial charge in [-0.1, -0.05) is 84.8 Å². The standard InChI is InChI=1S/C53H87N9O18/c1-6-27(2)21-28(3)13-11-9-7-8-10-12-14-39(69)56-34-23-37(67)49(80-20-19-54)60-52(78)53(79)45(72)29(4)25-62(53)51(77)41(36(66)24-38(55)68)58-48(75)42(44(71)43(70)31-15-17-32(64)18-16-31)59-47(74)35-22-33(65)26-61(35)50(76)40(30(5)63)57-46(34)73/h15-18,27-30,33-37,40-45,49,63-67,70-72,79H,6-14,19-26,54H2,1-5H3,(H2,55,68)(H,56,69)(H,57,73)(H,58,75)(H,59,74)(H,60,78)/t27?,28?,29-,30+,33+,34-,35-,36+,37+,40-,41-,42-,43-,44-,45-,49+,53+/m0/s1. The van der Waals surface area contributed by atoms with Gasteiger partial charge in [-0.25, -0.2) is 0 Å². The van der Waals surface area contributed by atoms with Gasteiger partial charge >= 0.3 is 0 Å². The van der Waals surface area contributed by atoms with E-state index in [4.69, 9.17) is 16.2 Å². The van der Waals surface area contributed by atoms with Crippen LogP contribution in [0, 0.1) is 17.8 Å². The first-order chi connectivity index (χ1) is 37.7. The number of fused-ring (bicyclic) bond motifs is 2. The predicted octanol–water partition coefficient (Wildman–Crippen LogP) is -3.79. The van der Waals surface area contributed by atoms with E-state index in [-0.39, 0.29) is 24.3 Å². The predicted molar refractivity (Wildman–Crippen MR) is 284 cm³/mol. The van der Waals surface area contributed by atoms with E-state index in [1.165, 1.54) is 13.3 Å². The number of aliphatic hydroxyl groups is 8. The topological polar surface area (TPSA) is 447 Å². The van der Waals surface area contributed by atoms with Crippen molar-refractivity contribution in [1.82, 2.24) is 36.4 Å². The highest BCUT2D eigenvalue weighted by Gasteiger charge is 2.60. The molecule has 2 unspecified atom stereocenters. The normalized spacial score (nSPS) is 29.8. The second-order valence-electron chi connectivity index (χ2n) is 21.9. The first-order valence-electron chi connectivity index (χ1n) is 27.7. The summed E-state index contributed by atoms with van der Waals surface area (Å²) in [7, 11) is 0. The van der Waals surface area contributed by atoms with Crippen molar-refractivity contribution in [1.29, 1.82) is 0 Å². The fraction of sp³-hybridized carbons (Fsp3) is 0.736. The van der Waals surface area contributed by atoms with Gasteiger partial charge in [0.15, 0.2) is 6.23 Å². The number of phenolic OH excluding ortho intramolecular Hbond substituents is 1. The number of hydrogen-bond acceptors (Lipinski definition) is 19. The molecule has 3 heterocycles. The van der Waals surface area contributed by atoms with Crippen LogP contribution in [0.2, 0.25) is 0 Å². The molecule has 1 aromatic carbocycles. The largest absolute Gasteiger partial charge is 0.508 e. The minimum Gasteiger partial charge on any atom is -0.508 e. The minimum atomic E-state index is -3.37. The van der Waals surface area contributed by atoms with E-state index < -0.39 is 177 Å². The van der Waals surface area contributed by atoms with Crippen LogP contribution in [-0.4, -0.2) is 208 Å². The van der Waals surface area contributed by atoms with Gasteiger partial charge in [-0.15, -0.1) is 0 Å². The van der Waals surface area contributed by atoms with Crippen molar-refractivity contribution < 1.29 is 89.1 Å². The van der Waals surface area contributed by atoms with E-state index >= 15 is 0 Å². The van der Waals surface area contributed by atoms with E-state index in [0.29, 0.717) is 29.6 Å². The van der Waals surface area contributed by atoms with Crippen LogP contribution in [0.1, 0.15) is 130 Å². The number of rotatable bonds is 23. The molecule has 0 aliphatic carbocycles. The number of nitrogens with one attached hydrogen (secondary N) is 5. The zero-order valence-corrected chi connectivity index (χ0v) is 46.3. The van der Waals surface area contributed by atoms with Crippen LogP contribution >= 0.6 is 0 Å². The van der Waals surface area contributed by atoms with Gasteiger partial charge < -0.3 is 98.5 Å². The average Bonchev–Trinajstić information content (AvgIpc) is 4.16. The van der Waals surface area contributed by atoms with Gasteiger partial charge in [0, 0.05) is 44.8 Å². The summed E-state index contributed by atoms with van der Waals surface area (Å²) in [6.07, 6.45) is -10.5. The summed E-state index contributed by atoms with van der Waals surface area (Å²) in [4.78, 5) is 114. The molecule has 4 rings (SSSR count). The first-order valence-corrected chi connectivity index (χ1v) is 27.7. The van der Waals surface area contributed by atoms with Crippen molar-refractivity contribution in [2.75, 3.05) is 26.2 Å². The van der Waals surface area contributed by atoms with Gasteiger partial charge in [0.25, 0.3) is 11.8 Å². The third-order valence-electron chi connectivity index (χ3n) is 15.2. The van der Waals surface area contributed by atoms with Crippen LogP contribution in [0.25, 0.3) is 0 Å². The first kappa shape index (κ1) is 66.9. The highest BCUT2D eigenvalue weighted by molar-refractivity contribution is 5.99. The van der Waals surface area contributed by atoms with Crippen molar-refractivity contribution in [2.24, 2.45) is 29.2 Å². The third kappa shape index (κ3) is 17.9. The fourth-order valence-electron chi connectivity index (χ4n) is 10.4. The number of ether oxygens (including phenoxy) is 1. The van der Waals surface area contributed by atoms with Gasteiger partial charge in [-0.05, 0) is 49.3 Å². The lowest BCUT2D eigenvalue weighted by Crippen LogP contribution is -2.69. The SMILES string of the molecule is CCC(C)CC(C)CCCCCCCCC(=O)N[C@H]1C[C@@H](O)[C@@H](OCCN)NC(=O)[C@]2(O)[C@@H](O)[C@@H](C)CN2C(=O)[C@H]([C@H](O)CC(N)=O)NC(=O)[C@H]([C@H](O)[C@@H](O)c2ccc(O)cc2)NC(=O)[C@@H]2C[C@@H](O)CN2C(=O)[C@H]([C@@H](C)O)NC1=O. The van der Waals surface area contributed by atoms with Crippen LogP contribution in [0.4, 0.5) is 0 Å². The number of amides is 8. The lowest BCUT2D eigenvalue weighted by Gasteiger charge is -2.38. The molecule has 3 aliphatic rings. The van der Waals surface area contributed by atoms with Crippen LogP contribution < -0.4 is 38.1 Å². The van der Waals surface area contributed by atoms with Gasteiger partial charge in [0.2, 0.25) is 41.2 Å². The van der Waals surface area contributed by atoms with E-state index in [9.17, 15) is 84.3 Å². The Bertz CT molecular complexity index is 2250. The molecule has 0 saturated carbocycles. The highest BCUT2D eigenvalue weighted by atomic mass is 16.5. The second-order valence-corrected chi connectivity index (χ2v) is 21.9. The molecule has 80 heavy (non-hydrogen) atoms. The van der Waals surface area contributed by atoms with Crippen LogP contribution in [0.15, 0.2) is 24.3 Å². The van der Waals surface area contributed by atoms with Crippen molar-refractivity contribution in [3.63, 3.8) is 0 Å². The Kier molecular flexibility index (Phi) is 25.9. The van der Waals surface area contributed by atoms with Gasteiger partial charge in [-0.2, -0.15) is 0 Å². The number of aliphatic hydroxyl groups excluding tert-OH is 7. The molecule has 452 valence electrons. The number of unbranched alkanes of at least 4 members (excludes halogenated alkanes) is 5. The smallest absolute Gasteiger partial charge is 0.278 e. The Morgan fingerprint density at radius 3 is 2.02 bits per heavy atom. The minimum absolute atomic E-state index is 0.0992. The van der Waals surface area contributed by atoms with Crippen LogP contribution in [0.5, 0.6) is 5.75 Å². The maximum atomic E-state index is 14.8. The molecule has 17 atom stereocenters. The Morgan fingerprint density at radius 2 is 1.41 bits per heavy atom. The molecule has 3 fully saturated rings. The summed E-state index contributed by atoms with van der Waals surface area (Å²) in [5.41, 5.74) is 7.56. The molecule has 1 aromatic rings. The molecule has 27 nitrogen and oxygen atoms in total. The van der Waals surface area contributed by atoms with Gasteiger partial charge in [-0.3, -0.25) is 38.4 Å². The molecule has 3 saturated heterocycles. The van der Waals surface area contributed by atoms with Crippen molar-refractivity contribution in [3.8, 4) is 5.75 Å². The molecule has 0 bridgehead atoms. The summed E-state index contributed by atoms with van der Waals surface area (Å²) in [6, 6.07) is -5.86. The van der Waals surface area contributed by atoms with Crippen molar-refractivity contribution >= 4 is 47.3 Å². The van der Waals surface area contributed by atoms with Crippen molar-refractivity contribution in [3.05, 3.63) is 29.8 Å². The molecule has 3 aliphatic heterocycles. The highest BCUT2D eigenvalue weighted by Crippen LogP contribution is 2.34. The maximum absolute atomic E-state index is 14.8. The van der Waals surface area contributed by atoms with Crippen LogP contribution in [0.3, 0.4) is 0 Å². The Labute approximate surface area is 465 Å². The number of nitrogens with zero attached hydrogens (tertiary/aromatic N) is 2. The molecular weight excluding hydrogens is 1050 g/mol. The average molecular weight is 1140 g/mol. The molecule has 0 aromatic heterocycles. The van der Waals surface area contributed by atoms with E-state index in [2.05, 4.69) is 47.4 Å². The number of nitrogens with two attached hydrogens (primary N) is 2. The van der Waals surface area contributed by atoms with E-state index in [1.54, 1.807) is 0 Å². The summed E-state index contributed by atoms with van der Waals surface area (Å²) in [5, 5.41) is 113. The summed E-state index contributed by atoms with van der Waals surface area (Å²) in [5.74, 6) is -10.6. The third-order valence-corrected chi connectivity index (χ3v) is 15.2. The molecular formula is C53H87N9O18. The summed E-state index contributed by atoms with van der Waals surface area (Å²) < 4.78 is 5.66. The molecule has 0 spiro atoms. The number of benzene rings is 1. The summed E-state index contributed by atoms with van der Waals surface area (Å²) in [6.45, 7) is 7.11. The zero-order valence-electron chi connectivity index (χ0n) is 46.3. The van der Waals surface area contributed by atoms with Crippen molar-refractivity contribution in [2.45, 2.75) is 203 Å². The zero-order chi connectivity index (χ0) is 59.8. The number of aromatic hydroxyl groups is 1. The quantitative estimate of drug-likeness (QED) is 0.0467. The maximum Gasteiger partial charge on any atom is 0.278 e. The molecule has 18 N–H and O–H groups in total. The van der Waals surface area contributed by atoms with Gasteiger partial charge in [0.1, 0.15) is 60.4 Å². The number of primary amides is 1. The molecule has 0 radical (unpaired) electrons. The Morgan fingerprint density at radius 1 is 0.800 bits per heavy atom. The molecule has 27 heteroatoms. The van der Waals surface area contributed by atoms with E-state index in [0.717, 1.165) is 74.6 Å². The lowest BCUT2D eigenvalue weighted by atomic mass is 9.91. The number of carbonyl (C=O) groups is 8. The second kappa shape index (κ2) is 31.0. The number of hydrogen-bond donors (Lipinski definition) is 16. The number of phenols is 1. The van der Waals surface area contributed by atoms with E-state index in [1.807, 2.05) is 0 Å². The molecule has 8 amide bonds. The number of carbonyl (C=O) groups excluding carboxylic acids is 8. The monoisotopic (exact) mass is 1140 g/mol. The lowest BCUT2D eigenvalue weighted by molar-refractivity contribution is -0.190. The Hall–Kier alpha value is -5.62. The fourth-order valence-corrected chi connectivity index (χ4v) is 10.4.